The van der Waals surface area contributed by atoms with Crippen LogP contribution < -0.4 is 0 Å². The zero-order valence-corrected chi connectivity index (χ0v) is 31.7. The smallest absolute Gasteiger partial charge is 0.0233 e. The van der Waals surface area contributed by atoms with Crippen molar-refractivity contribution in [2.45, 2.75) is 116 Å². The monoisotopic (exact) mass is 669 g/mol. The van der Waals surface area contributed by atoms with Crippen molar-refractivity contribution < 1.29 is 0 Å². The standard InChI is InChI=1S/C48H64N2/c1-5-41(45-13-9-7-10-14-45)33-37(3)43-21-17-39(18-22-43)35-49-29-25-47(26-30-49)48-27-31-50(32-28-48)36-40-19-23-44(24-20-40)38(4)34-42(6-2)46-15-11-8-12-16-46/h7-24,37-38,41-42,47-48H,5-6,25-36H2,1-4H3. The third kappa shape index (κ3) is 9.98. The van der Waals surface area contributed by atoms with Gasteiger partial charge in [-0.2, -0.15) is 0 Å². The second-order valence-corrected chi connectivity index (χ2v) is 16.0. The number of piperidine rings is 2. The van der Waals surface area contributed by atoms with E-state index in [-0.39, 0.29) is 0 Å². The van der Waals surface area contributed by atoms with Crippen molar-refractivity contribution in [2.24, 2.45) is 11.8 Å². The van der Waals surface area contributed by atoms with Crippen LogP contribution in [0.15, 0.2) is 109 Å². The van der Waals surface area contributed by atoms with Crippen molar-refractivity contribution in [2.75, 3.05) is 26.2 Å². The molecule has 2 aliphatic rings. The highest BCUT2D eigenvalue weighted by atomic mass is 15.1. The summed E-state index contributed by atoms with van der Waals surface area (Å²) in [6.07, 6.45) is 10.3. The molecule has 0 aromatic heterocycles. The Labute approximate surface area is 305 Å². The highest BCUT2D eigenvalue weighted by Crippen LogP contribution is 2.35. The maximum Gasteiger partial charge on any atom is 0.0233 e. The molecule has 266 valence electrons. The van der Waals surface area contributed by atoms with E-state index >= 15 is 0 Å². The summed E-state index contributed by atoms with van der Waals surface area (Å²) >= 11 is 0. The van der Waals surface area contributed by atoms with E-state index in [1.807, 2.05) is 0 Å². The lowest BCUT2D eigenvalue weighted by Crippen LogP contribution is -2.40. The van der Waals surface area contributed by atoms with Gasteiger partial charge in [-0.1, -0.05) is 137 Å². The Morgan fingerprint density at radius 1 is 0.460 bits per heavy atom. The minimum absolute atomic E-state index is 0.579. The Bertz CT molecular complexity index is 1390. The Balaban J connectivity index is 0.896. The van der Waals surface area contributed by atoms with Gasteiger partial charge in [-0.3, -0.25) is 9.80 Å². The predicted octanol–water partition coefficient (Wildman–Crippen LogP) is 12.2. The Hall–Kier alpha value is -3.20. The van der Waals surface area contributed by atoms with Gasteiger partial charge in [-0.15, -0.1) is 0 Å². The minimum Gasteiger partial charge on any atom is -0.299 e. The highest BCUT2D eigenvalue weighted by Gasteiger charge is 2.29. The van der Waals surface area contributed by atoms with Crippen LogP contribution in [-0.4, -0.2) is 36.0 Å². The van der Waals surface area contributed by atoms with Crippen LogP contribution in [-0.2, 0) is 13.1 Å². The first-order valence-electron chi connectivity index (χ1n) is 20.2. The summed E-state index contributed by atoms with van der Waals surface area (Å²) in [5, 5.41) is 0. The SMILES string of the molecule is CCC(CC(C)c1ccc(CN2CCC(C3CCN(Cc4ccc(C(C)CC(CC)c5ccccc5)cc4)CC3)CC2)cc1)c1ccccc1. The second-order valence-electron chi connectivity index (χ2n) is 16.0. The lowest BCUT2D eigenvalue weighted by atomic mass is 9.78. The maximum atomic E-state index is 2.71. The zero-order chi connectivity index (χ0) is 34.7. The van der Waals surface area contributed by atoms with Gasteiger partial charge in [0.1, 0.15) is 0 Å². The fraction of sp³-hybridized carbons (Fsp3) is 0.500. The molecule has 2 nitrogen and oxygen atoms in total. The van der Waals surface area contributed by atoms with Crippen molar-refractivity contribution in [3.8, 4) is 0 Å². The number of likely N-dealkylation sites (tertiary alicyclic amines) is 2. The molecule has 2 fully saturated rings. The predicted molar refractivity (Wildman–Crippen MR) is 214 cm³/mol. The van der Waals surface area contributed by atoms with E-state index < -0.39 is 0 Å². The zero-order valence-electron chi connectivity index (χ0n) is 31.7. The fourth-order valence-corrected chi connectivity index (χ4v) is 9.24. The minimum atomic E-state index is 0.579. The van der Waals surface area contributed by atoms with Gasteiger partial charge in [-0.05, 0) is 146 Å². The first-order valence-corrected chi connectivity index (χ1v) is 20.2. The summed E-state index contributed by atoms with van der Waals surface area (Å²) in [6, 6.07) is 41.4. The van der Waals surface area contributed by atoms with Crippen molar-refractivity contribution in [3.63, 3.8) is 0 Å². The molecule has 0 amide bonds. The molecular formula is C48H64N2. The van der Waals surface area contributed by atoms with Crippen LogP contribution in [0.1, 0.15) is 136 Å². The molecule has 4 atom stereocenters. The molecule has 2 saturated heterocycles. The van der Waals surface area contributed by atoms with Crippen LogP contribution >= 0.6 is 0 Å². The van der Waals surface area contributed by atoms with Crippen LogP contribution in [0.5, 0.6) is 0 Å². The summed E-state index contributed by atoms with van der Waals surface area (Å²) in [5.74, 6) is 4.25. The van der Waals surface area contributed by atoms with E-state index in [1.165, 1.54) is 111 Å². The molecule has 2 aliphatic heterocycles. The summed E-state index contributed by atoms with van der Waals surface area (Å²) in [6.45, 7) is 16.7. The molecule has 2 heteroatoms. The summed E-state index contributed by atoms with van der Waals surface area (Å²) in [7, 11) is 0. The van der Waals surface area contributed by atoms with Gasteiger partial charge in [0.15, 0.2) is 0 Å². The van der Waals surface area contributed by atoms with Crippen molar-refractivity contribution >= 4 is 0 Å². The molecule has 2 heterocycles. The Morgan fingerprint density at radius 3 is 1.12 bits per heavy atom. The molecule has 4 aromatic carbocycles. The Morgan fingerprint density at radius 2 is 0.800 bits per heavy atom. The number of hydrogen-bond acceptors (Lipinski definition) is 2. The molecule has 6 rings (SSSR count). The lowest BCUT2D eigenvalue weighted by molar-refractivity contribution is 0.0910. The van der Waals surface area contributed by atoms with Gasteiger partial charge in [0.25, 0.3) is 0 Å². The quantitative estimate of drug-likeness (QED) is 0.124. The largest absolute Gasteiger partial charge is 0.299 e. The number of nitrogens with zero attached hydrogens (tertiary/aromatic N) is 2. The molecule has 0 bridgehead atoms. The van der Waals surface area contributed by atoms with Crippen LogP contribution in [0.25, 0.3) is 0 Å². The van der Waals surface area contributed by atoms with Crippen LogP contribution in [0.3, 0.4) is 0 Å². The molecule has 4 aromatic rings. The molecule has 50 heavy (non-hydrogen) atoms. The van der Waals surface area contributed by atoms with E-state index in [0.29, 0.717) is 23.7 Å². The topological polar surface area (TPSA) is 6.48 Å². The van der Waals surface area contributed by atoms with Crippen molar-refractivity contribution in [3.05, 3.63) is 143 Å². The fourth-order valence-electron chi connectivity index (χ4n) is 9.24. The average molecular weight is 669 g/mol. The number of hydrogen-bond donors (Lipinski definition) is 0. The van der Waals surface area contributed by atoms with E-state index in [0.717, 1.165) is 24.9 Å². The average Bonchev–Trinajstić information content (AvgIpc) is 3.17. The number of benzene rings is 4. The molecule has 0 saturated carbocycles. The lowest BCUT2D eigenvalue weighted by Gasteiger charge is -2.40. The van der Waals surface area contributed by atoms with E-state index in [4.69, 9.17) is 0 Å². The second kappa shape index (κ2) is 18.3. The van der Waals surface area contributed by atoms with Crippen LogP contribution in [0, 0.1) is 11.8 Å². The summed E-state index contributed by atoms with van der Waals surface area (Å²) < 4.78 is 0. The maximum absolute atomic E-state index is 2.71. The molecule has 0 spiro atoms. The van der Waals surface area contributed by atoms with Gasteiger partial charge in [0.2, 0.25) is 0 Å². The Kier molecular flexibility index (Phi) is 13.4. The third-order valence-electron chi connectivity index (χ3n) is 12.6. The normalized spacial score (nSPS) is 19.2. The first-order chi connectivity index (χ1) is 24.5. The van der Waals surface area contributed by atoms with Gasteiger partial charge < -0.3 is 0 Å². The third-order valence-corrected chi connectivity index (χ3v) is 12.6. The summed E-state index contributed by atoms with van der Waals surface area (Å²) in [5.41, 5.74) is 8.89. The first kappa shape index (κ1) is 36.6. The van der Waals surface area contributed by atoms with Gasteiger partial charge in [-0.25, -0.2) is 0 Å². The van der Waals surface area contributed by atoms with Crippen molar-refractivity contribution in [1.29, 1.82) is 0 Å². The molecule has 0 aliphatic carbocycles. The van der Waals surface area contributed by atoms with Crippen LogP contribution in [0.4, 0.5) is 0 Å². The highest BCUT2D eigenvalue weighted by molar-refractivity contribution is 5.28. The van der Waals surface area contributed by atoms with Gasteiger partial charge in [0, 0.05) is 13.1 Å². The molecular weight excluding hydrogens is 605 g/mol. The van der Waals surface area contributed by atoms with E-state index in [9.17, 15) is 0 Å². The van der Waals surface area contributed by atoms with Crippen LogP contribution in [0.2, 0.25) is 0 Å². The van der Waals surface area contributed by atoms with E-state index in [2.05, 4.69) is 147 Å². The van der Waals surface area contributed by atoms with Gasteiger partial charge >= 0.3 is 0 Å². The molecule has 4 unspecified atom stereocenters. The number of rotatable bonds is 15. The van der Waals surface area contributed by atoms with E-state index in [1.54, 1.807) is 0 Å². The summed E-state index contributed by atoms with van der Waals surface area (Å²) in [4.78, 5) is 5.42. The molecule has 0 radical (unpaired) electrons. The van der Waals surface area contributed by atoms with Crippen molar-refractivity contribution in [1.82, 2.24) is 9.80 Å². The molecule has 0 N–H and O–H groups in total. The van der Waals surface area contributed by atoms with Gasteiger partial charge in [0.05, 0.1) is 0 Å².